The lowest BCUT2D eigenvalue weighted by atomic mass is 10.0. The summed E-state index contributed by atoms with van der Waals surface area (Å²) in [5, 5.41) is 3.69. The van der Waals surface area contributed by atoms with E-state index in [1.807, 2.05) is 62.4 Å². The van der Waals surface area contributed by atoms with E-state index in [0.717, 1.165) is 51.0 Å². The number of rotatable bonds is 12. The van der Waals surface area contributed by atoms with Crippen LogP contribution in [0.1, 0.15) is 47.9 Å². The molecule has 3 aromatic rings. The Morgan fingerprint density at radius 2 is 1.60 bits per heavy atom. The van der Waals surface area contributed by atoms with Gasteiger partial charge in [0.25, 0.3) is 0 Å². The summed E-state index contributed by atoms with van der Waals surface area (Å²) in [6.07, 6.45) is 4.16. The van der Waals surface area contributed by atoms with Gasteiger partial charge in [-0.1, -0.05) is 79.0 Å². The van der Waals surface area contributed by atoms with E-state index in [1.165, 1.54) is 19.0 Å². The molecule has 4 rings (SSSR count). The highest BCUT2D eigenvalue weighted by molar-refractivity contribution is 7.90. The number of anilines is 1. The number of nitrogens with zero attached hydrogens (tertiary/aromatic N) is 3. The summed E-state index contributed by atoms with van der Waals surface area (Å²) in [7, 11) is -1.19. The monoisotopic (exact) mass is 624 g/mol. The van der Waals surface area contributed by atoms with Gasteiger partial charge in [0, 0.05) is 38.1 Å². The van der Waals surface area contributed by atoms with Gasteiger partial charge in [-0.05, 0) is 67.1 Å². The minimum atomic E-state index is -4.07. The van der Waals surface area contributed by atoms with Crippen molar-refractivity contribution in [3.63, 3.8) is 0 Å². The zero-order valence-electron chi connectivity index (χ0n) is 25.3. The fourth-order valence-electron chi connectivity index (χ4n) is 5.44. The first-order valence-corrected chi connectivity index (χ1v) is 16.4. The highest BCUT2D eigenvalue weighted by atomic mass is 35.5. The van der Waals surface area contributed by atoms with Crippen molar-refractivity contribution in [1.82, 2.24) is 14.5 Å². The van der Waals surface area contributed by atoms with Crippen molar-refractivity contribution in [2.75, 3.05) is 24.9 Å². The van der Waals surface area contributed by atoms with Gasteiger partial charge in [-0.2, -0.15) is 12.7 Å². The van der Waals surface area contributed by atoms with Gasteiger partial charge in [-0.15, -0.1) is 0 Å². The van der Waals surface area contributed by atoms with Crippen LogP contribution in [0.15, 0.2) is 72.8 Å². The van der Waals surface area contributed by atoms with Crippen LogP contribution < -0.4 is 9.62 Å². The minimum absolute atomic E-state index is 0.0504. The molecular weight excluding hydrogens is 584 g/mol. The molecule has 1 aliphatic rings. The summed E-state index contributed by atoms with van der Waals surface area (Å²) >= 11 is 6.31. The molecule has 0 saturated heterocycles. The predicted octanol–water partition coefficient (Wildman–Crippen LogP) is 5.27. The van der Waals surface area contributed by atoms with Crippen LogP contribution in [0.25, 0.3) is 0 Å². The van der Waals surface area contributed by atoms with Crippen LogP contribution >= 0.6 is 11.6 Å². The summed E-state index contributed by atoms with van der Waals surface area (Å²) in [5.74, 6) is -0.742. The first kappa shape index (κ1) is 32.5. The van der Waals surface area contributed by atoms with Gasteiger partial charge in [-0.3, -0.25) is 9.59 Å². The molecule has 0 radical (unpaired) electrons. The number of nitrogens with one attached hydrogen (secondary N) is 1. The average molecular weight is 625 g/mol. The molecular formula is C33H41ClN4O4S. The Morgan fingerprint density at radius 1 is 0.930 bits per heavy atom. The van der Waals surface area contributed by atoms with Gasteiger partial charge in [-0.25, -0.2) is 4.31 Å². The maximum absolute atomic E-state index is 14.4. The molecule has 230 valence electrons. The molecule has 8 nitrogen and oxygen atoms in total. The van der Waals surface area contributed by atoms with Gasteiger partial charge in [0.15, 0.2) is 0 Å². The van der Waals surface area contributed by atoms with Crippen LogP contribution in [0.2, 0.25) is 5.02 Å². The lowest BCUT2D eigenvalue weighted by Crippen LogP contribution is -2.55. The van der Waals surface area contributed by atoms with Gasteiger partial charge < -0.3 is 10.2 Å². The zero-order valence-corrected chi connectivity index (χ0v) is 26.9. The number of hydrogen-bond acceptors (Lipinski definition) is 4. The molecule has 1 atom stereocenters. The Balaban J connectivity index is 1.78. The molecule has 43 heavy (non-hydrogen) atoms. The van der Waals surface area contributed by atoms with E-state index in [4.69, 9.17) is 11.6 Å². The Labute approximate surface area is 260 Å². The standard InChI is InChI=1S/C33H41ClN4O4S/c1-24-17-18-25(2)30(19-24)38(43(41,42)36(3)4)23-32(39)37(22-27-13-10-14-28(34)20-27)31(21-26-11-6-5-7-12-26)33(40)35-29-15-8-9-16-29/h5-7,10-14,17-20,29,31H,8-9,15-16,21-23H2,1-4H3,(H,35,40). The molecule has 10 heteroatoms. The van der Waals surface area contributed by atoms with Crippen molar-refractivity contribution < 1.29 is 18.0 Å². The van der Waals surface area contributed by atoms with Gasteiger partial charge in [0.1, 0.15) is 12.6 Å². The molecule has 3 aromatic carbocycles. The van der Waals surface area contributed by atoms with Crippen LogP contribution in [0.4, 0.5) is 5.69 Å². The Hall–Kier alpha value is -3.40. The first-order chi connectivity index (χ1) is 20.5. The average Bonchev–Trinajstić information content (AvgIpc) is 3.48. The third-order valence-electron chi connectivity index (χ3n) is 7.87. The molecule has 1 aliphatic carbocycles. The van der Waals surface area contributed by atoms with E-state index in [0.29, 0.717) is 16.3 Å². The lowest BCUT2D eigenvalue weighted by Gasteiger charge is -2.35. The molecule has 0 aliphatic heterocycles. The second-order valence-electron chi connectivity index (χ2n) is 11.4. The number of halogens is 1. The maximum Gasteiger partial charge on any atom is 0.304 e. The molecule has 1 N–H and O–H groups in total. The molecule has 1 fully saturated rings. The number of hydrogen-bond donors (Lipinski definition) is 1. The Bertz CT molecular complexity index is 1520. The smallest absolute Gasteiger partial charge is 0.304 e. The maximum atomic E-state index is 14.4. The number of benzene rings is 3. The van der Waals surface area contributed by atoms with Crippen LogP contribution in [-0.4, -0.2) is 62.2 Å². The molecule has 0 bridgehead atoms. The molecule has 1 unspecified atom stereocenters. The number of carbonyl (C=O) groups excluding carboxylic acids is 2. The van der Waals surface area contributed by atoms with Crippen molar-refractivity contribution in [3.8, 4) is 0 Å². The van der Waals surface area contributed by atoms with Gasteiger partial charge in [0.05, 0.1) is 5.69 Å². The number of aryl methyl sites for hydroxylation is 2. The zero-order chi connectivity index (χ0) is 31.1. The van der Waals surface area contributed by atoms with Gasteiger partial charge in [0.2, 0.25) is 11.8 Å². The molecule has 0 heterocycles. The normalized spacial score (nSPS) is 14.5. The molecule has 2 amide bonds. The van der Waals surface area contributed by atoms with E-state index in [1.54, 1.807) is 24.3 Å². The fraction of sp³-hybridized carbons (Fsp3) is 0.394. The molecule has 0 spiro atoms. The fourth-order valence-corrected chi connectivity index (χ4v) is 6.77. The summed E-state index contributed by atoms with van der Waals surface area (Å²) in [5.41, 5.74) is 3.62. The van der Waals surface area contributed by atoms with Gasteiger partial charge >= 0.3 is 10.2 Å². The van der Waals surface area contributed by atoms with Crippen molar-refractivity contribution >= 4 is 39.3 Å². The highest BCUT2D eigenvalue weighted by Crippen LogP contribution is 2.27. The van der Waals surface area contributed by atoms with Crippen molar-refractivity contribution in [1.29, 1.82) is 0 Å². The van der Waals surface area contributed by atoms with Crippen LogP contribution in [0.3, 0.4) is 0 Å². The van der Waals surface area contributed by atoms with E-state index in [9.17, 15) is 18.0 Å². The van der Waals surface area contributed by atoms with E-state index in [2.05, 4.69) is 5.32 Å². The van der Waals surface area contributed by atoms with Crippen LogP contribution in [0, 0.1) is 13.8 Å². The summed E-state index contributed by atoms with van der Waals surface area (Å²) < 4.78 is 29.6. The highest BCUT2D eigenvalue weighted by Gasteiger charge is 2.36. The summed E-state index contributed by atoms with van der Waals surface area (Å²) in [6.45, 7) is 3.29. The summed E-state index contributed by atoms with van der Waals surface area (Å²) in [4.78, 5) is 29.9. The van der Waals surface area contributed by atoms with Crippen LogP contribution in [-0.2, 0) is 32.8 Å². The van der Waals surface area contributed by atoms with Crippen molar-refractivity contribution in [3.05, 3.63) is 100 Å². The summed E-state index contributed by atoms with van der Waals surface area (Å²) in [6, 6.07) is 21.4. The van der Waals surface area contributed by atoms with Crippen molar-refractivity contribution in [2.45, 2.75) is 64.6 Å². The second-order valence-corrected chi connectivity index (χ2v) is 13.9. The predicted molar refractivity (Wildman–Crippen MR) is 172 cm³/mol. The van der Waals surface area contributed by atoms with Crippen molar-refractivity contribution in [2.24, 2.45) is 0 Å². The number of amides is 2. The first-order valence-electron chi connectivity index (χ1n) is 14.6. The molecule has 1 saturated carbocycles. The third kappa shape index (κ3) is 8.37. The third-order valence-corrected chi connectivity index (χ3v) is 9.91. The molecule has 0 aromatic heterocycles. The van der Waals surface area contributed by atoms with E-state index < -0.39 is 28.7 Å². The Kier molecular flexibility index (Phi) is 10.9. The Morgan fingerprint density at radius 3 is 2.26 bits per heavy atom. The SMILES string of the molecule is Cc1ccc(C)c(N(CC(=O)N(Cc2cccc(Cl)c2)C(Cc2ccccc2)C(=O)NC2CCCC2)S(=O)(=O)N(C)C)c1. The number of carbonyl (C=O) groups is 2. The van der Waals surface area contributed by atoms with Crippen LogP contribution in [0.5, 0.6) is 0 Å². The minimum Gasteiger partial charge on any atom is -0.352 e. The second kappa shape index (κ2) is 14.4. The topological polar surface area (TPSA) is 90.0 Å². The largest absolute Gasteiger partial charge is 0.352 e. The quantitative estimate of drug-likeness (QED) is 0.297. The van der Waals surface area contributed by atoms with E-state index >= 15 is 0 Å². The lowest BCUT2D eigenvalue weighted by molar-refractivity contribution is -0.140. The van der Waals surface area contributed by atoms with E-state index in [-0.39, 0.29) is 24.9 Å².